The van der Waals surface area contributed by atoms with Crippen molar-refractivity contribution in [3.63, 3.8) is 0 Å². The van der Waals surface area contributed by atoms with Crippen LogP contribution >= 0.6 is 0 Å². The van der Waals surface area contributed by atoms with Crippen molar-refractivity contribution in [2.24, 2.45) is 0 Å². The Morgan fingerprint density at radius 2 is 1.76 bits per heavy atom. The average molecular weight is 476 g/mol. The standard InChI is InChI=1S/C25H33NO6S/c1-14(2)18-10-20(15(3)4)24(28)22(11-18)25(29)32-12-23(27)21-9-16(5)26(17(21)6)19-7-8-33(30,31)13-19/h9-11,14-15,19,28H,7-8,12-13H2,1-6H3. The van der Waals surface area contributed by atoms with E-state index in [4.69, 9.17) is 4.74 Å². The van der Waals surface area contributed by atoms with E-state index in [1.165, 1.54) is 0 Å². The summed E-state index contributed by atoms with van der Waals surface area (Å²) in [4.78, 5) is 25.7. The van der Waals surface area contributed by atoms with Gasteiger partial charge in [-0.3, -0.25) is 4.79 Å². The molecule has 1 fully saturated rings. The molecule has 0 aliphatic carbocycles. The summed E-state index contributed by atoms with van der Waals surface area (Å²) in [6.07, 6.45) is 0.519. The zero-order chi connectivity index (χ0) is 24.7. The van der Waals surface area contributed by atoms with Gasteiger partial charge in [0.1, 0.15) is 11.3 Å². The summed E-state index contributed by atoms with van der Waals surface area (Å²) in [5, 5.41) is 10.6. The zero-order valence-corrected chi connectivity index (χ0v) is 21.0. The van der Waals surface area contributed by atoms with Gasteiger partial charge in [0, 0.05) is 23.0 Å². The number of carbonyl (C=O) groups excluding carboxylic acids is 2. The molecule has 0 spiro atoms. The Labute approximate surface area is 195 Å². The van der Waals surface area contributed by atoms with Crippen molar-refractivity contribution in [3.05, 3.63) is 51.8 Å². The first-order valence-electron chi connectivity index (χ1n) is 11.3. The number of hydrogen-bond acceptors (Lipinski definition) is 6. The molecule has 1 aromatic carbocycles. The Bertz CT molecular complexity index is 1190. The molecule has 0 saturated carbocycles. The number of aromatic nitrogens is 1. The highest BCUT2D eigenvalue weighted by Crippen LogP contribution is 2.34. The van der Waals surface area contributed by atoms with E-state index in [-0.39, 0.29) is 46.5 Å². The summed E-state index contributed by atoms with van der Waals surface area (Å²) < 4.78 is 31.0. The van der Waals surface area contributed by atoms with Gasteiger partial charge in [0.15, 0.2) is 16.4 Å². The van der Waals surface area contributed by atoms with Crippen LogP contribution in [-0.2, 0) is 14.6 Å². The minimum Gasteiger partial charge on any atom is -0.507 e. The molecule has 1 unspecified atom stereocenters. The first-order chi connectivity index (χ1) is 15.3. The molecule has 2 heterocycles. The highest BCUT2D eigenvalue weighted by atomic mass is 32.2. The van der Waals surface area contributed by atoms with Crippen LogP contribution in [0.3, 0.4) is 0 Å². The largest absolute Gasteiger partial charge is 0.507 e. The van der Waals surface area contributed by atoms with Crippen LogP contribution < -0.4 is 0 Å². The van der Waals surface area contributed by atoms with Crippen molar-refractivity contribution in [1.82, 2.24) is 4.57 Å². The quantitative estimate of drug-likeness (QED) is 0.469. The lowest BCUT2D eigenvalue weighted by molar-refractivity contribution is 0.0471. The summed E-state index contributed by atoms with van der Waals surface area (Å²) in [6.45, 7) is 11.0. The van der Waals surface area contributed by atoms with Crippen LogP contribution in [0.5, 0.6) is 5.75 Å². The highest BCUT2D eigenvalue weighted by Gasteiger charge is 2.32. The van der Waals surface area contributed by atoms with E-state index in [9.17, 15) is 23.1 Å². The maximum absolute atomic E-state index is 12.9. The minimum atomic E-state index is -3.06. The third-order valence-corrected chi connectivity index (χ3v) is 8.11. The molecule has 180 valence electrons. The van der Waals surface area contributed by atoms with E-state index in [1.54, 1.807) is 19.1 Å². The van der Waals surface area contributed by atoms with Crippen LogP contribution in [0.4, 0.5) is 0 Å². The van der Waals surface area contributed by atoms with Crippen LogP contribution in [0.25, 0.3) is 0 Å². The molecule has 1 aliphatic heterocycles. The summed E-state index contributed by atoms with van der Waals surface area (Å²) >= 11 is 0. The second-order valence-electron chi connectivity index (χ2n) is 9.53. The Hall–Kier alpha value is -2.61. The van der Waals surface area contributed by atoms with Gasteiger partial charge in [-0.05, 0) is 55.4 Å². The Kier molecular flexibility index (Phi) is 7.07. The smallest absolute Gasteiger partial charge is 0.342 e. The molecule has 0 bridgehead atoms. The van der Waals surface area contributed by atoms with E-state index in [1.807, 2.05) is 45.3 Å². The van der Waals surface area contributed by atoms with Gasteiger partial charge in [-0.25, -0.2) is 13.2 Å². The first kappa shape index (κ1) is 25.0. The molecular weight excluding hydrogens is 442 g/mol. The van der Waals surface area contributed by atoms with E-state index in [0.29, 0.717) is 23.2 Å². The summed E-state index contributed by atoms with van der Waals surface area (Å²) in [6, 6.07) is 5.03. The molecule has 1 aromatic heterocycles. The number of rotatable bonds is 7. The average Bonchev–Trinajstić information content (AvgIpc) is 3.23. The molecule has 1 N–H and O–H groups in total. The molecule has 1 atom stereocenters. The molecule has 1 aliphatic rings. The van der Waals surface area contributed by atoms with Crippen LogP contribution in [0, 0.1) is 13.8 Å². The van der Waals surface area contributed by atoms with E-state index < -0.39 is 22.4 Å². The molecule has 8 heteroatoms. The van der Waals surface area contributed by atoms with Gasteiger partial charge in [0.05, 0.1) is 11.5 Å². The van der Waals surface area contributed by atoms with Crippen molar-refractivity contribution < 1.29 is 27.9 Å². The molecule has 1 saturated heterocycles. The summed E-state index contributed by atoms with van der Waals surface area (Å²) in [5.41, 5.74) is 3.50. The Morgan fingerprint density at radius 1 is 1.09 bits per heavy atom. The monoisotopic (exact) mass is 475 g/mol. The number of aromatic hydroxyl groups is 1. The SMILES string of the molecule is Cc1cc(C(=O)COC(=O)c2cc(C(C)C)cc(C(C)C)c2O)c(C)n1C1CCS(=O)(=O)C1. The maximum Gasteiger partial charge on any atom is 0.342 e. The lowest BCUT2D eigenvalue weighted by Crippen LogP contribution is -2.17. The number of sulfone groups is 1. The van der Waals surface area contributed by atoms with Gasteiger partial charge in [-0.2, -0.15) is 0 Å². The summed E-state index contributed by atoms with van der Waals surface area (Å²) in [5.74, 6) is -0.856. The number of phenolic OH excluding ortho intramolecular Hbond substituents is 1. The normalized spacial score (nSPS) is 17.6. The zero-order valence-electron chi connectivity index (χ0n) is 20.1. The number of ether oxygens (including phenoxy) is 1. The topological polar surface area (TPSA) is 103 Å². The van der Waals surface area contributed by atoms with Gasteiger partial charge in [-0.15, -0.1) is 0 Å². The Balaban J connectivity index is 1.80. The van der Waals surface area contributed by atoms with Crippen molar-refractivity contribution >= 4 is 21.6 Å². The fourth-order valence-electron chi connectivity index (χ4n) is 4.50. The van der Waals surface area contributed by atoms with Crippen molar-refractivity contribution in [1.29, 1.82) is 0 Å². The van der Waals surface area contributed by atoms with Crippen molar-refractivity contribution in [3.8, 4) is 5.75 Å². The van der Waals surface area contributed by atoms with Crippen LogP contribution in [-0.4, -0.2) is 48.0 Å². The number of Topliss-reactive ketones (excluding diaryl/α,β-unsaturated/α-hetero) is 1. The molecule has 33 heavy (non-hydrogen) atoms. The molecule has 2 aromatic rings. The lowest BCUT2D eigenvalue weighted by Gasteiger charge is -2.17. The number of esters is 1. The molecule has 3 rings (SSSR count). The number of carbonyl (C=O) groups is 2. The maximum atomic E-state index is 12.9. The number of aryl methyl sites for hydroxylation is 1. The predicted octanol–water partition coefficient (Wildman–Crippen LogP) is 4.46. The van der Waals surface area contributed by atoms with Crippen LogP contribution in [0.1, 0.15) is 95.2 Å². The predicted molar refractivity (Wildman–Crippen MR) is 127 cm³/mol. The third kappa shape index (κ3) is 5.16. The first-order valence-corrected chi connectivity index (χ1v) is 13.1. The van der Waals surface area contributed by atoms with E-state index in [0.717, 1.165) is 11.3 Å². The molecular formula is C25H33NO6S. The molecule has 0 radical (unpaired) electrons. The Morgan fingerprint density at radius 3 is 2.30 bits per heavy atom. The van der Waals surface area contributed by atoms with Gasteiger partial charge in [0.2, 0.25) is 5.78 Å². The fraction of sp³-hybridized carbons (Fsp3) is 0.520. The van der Waals surface area contributed by atoms with Crippen LogP contribution in [0.15, 0.2) is 18.2 Å². The highest BCUT2D eigenvalue weighted by molar-refractivity contribution is 7.91. The van der Waals surface area contributed by atoms with E-state index >= 15 is 0 Å². The molecule has 0 amide bonds. The number of ketones is 1. The number of phenols is 1. The van der Waals surface area contributed by atoms with Crippen LogP contribution in [0.2, 0.25) is 0 Å². The van der Waals surface area contributed by atoms with Gasteiger partial charge < -0.3 is 14.4 Å². The van der Waals surface area contributed by atoms with Gasteiger partial charge >= 0.3 is 5.97 Å². The second kappa shape index (κ2) is 9.33. The lowest BCUT2D eigenvalue weighted by atomic mass is 9.92. The van der Waals surface area contributed by atoms with Gasteiger partial charge in [0.25, 0.3) is 0 Å². The summed E-state index contributed by atoms with van der Waals surface area (Å²) in [7, 11) is -3.06. The third-order valence-electron chi connectivity index (χ3n) is 6.36. The number of hydrogen-bond donors (Lipinski definition) is 1. The van der Waals surface area contributed by atoms with Gasteiger partial charge in [-0.1, -0.05) is 33.8 Å². The number of benzene rings is 1. The van der Waals surface area contributed by atoms with E-state index in [2.05, 4.69) is 0 Å². The fourth-order valence-corrected chi connectivity index (χ4v) is 6.20. The van der Waals surface area contributed by atoms with Crippen molar-refractivity contribution in [2.75, 3.05) is 18.1 Å². The number of nitrogens with zero attached hydrogens (tertiary/aromatic N) is 1. The van der Waals surface area contributed by atoms with Crippen molar-refractivity contribution in [2.45, 2.75) is 65.8 Å². The minimum absolute atomic E-state index is 0.0154. The second-order valence-corrected chi connectivity index (χ2v) is 11.8. The molecule has 7 nitrogen and oxygen atoms in total.